The zero-order valence-electron chi connectivity index (χ0n) is 11.3. The summed E-state index contributed by atoms with van der Waals surface area (Å²) in [6.45, 7) is 1.93. The molecule has 1 aliphatic heterocycles. The molecule has 20 heavy (non-hydrogen) atoms. The highest BCUT2D eigenvalue weighted by Crippen LogP contribution is 2.18. The van der Waals surface area contributed by atoms with Gasteiger partial charge < -0.3 is 5.32 Å². The van der Waals surface area contributed by atoms with Gasteiger partial charge in [-0.2, -0.15) is 0 Å². The van der Waals surface area contributed by atoms with Crippen LogP contribution in [0.15, 0.2) is 18.2 Å². The summed E-state index contributed by atoms with van der Waals surface area (Å²) < 4.78 is 0.871. The minimum atomic E-state index is -0.624. The Morgan fingerprint density at radius 3 is 2.80 bits per heavy atom. The molecule has 1 atom stereocenters. The normalized spacial score (nSPS) is 19.1. The van der Waals surface area contributed by atoms with Crippen molar-refractivity contribution in [3.05, 3.63) is 32.9 Å². The highest BCUT2D eigenvalue weighted by Gasteiger charge is 2.33. The minimum absolute atomic E-state index is 0.203. The third kappa shape index (κ3) is 2.84. The van der Waals surface area contributed by atoms with Gasteiger partial charge in [0.15, 0.2) is 0 Å². The second-order valence-corrected chi connectivity index (χ2v) is 5.87. The molecule has 0 bridgehead atoms. The van der Waals surface area contributed by atoms with Gasteiger partial charge in [0.1, 0.15) is 6.04 Å². The van der Waals surface area contributed by atoms with E-state index in [0.29, 0.717) is 12.0 Å². The van der Waals surface area contributed by atoms with Crippen LogP contribution in [0.4, 0.5) is 0 Å². The summed E-state index contributed by atoms with van der Waals surface area (Å²) in [6, 6.07) is 4.84. The zero-order valence-corrected chi connectivity index (χ0v) is 13.4. The standard InChI is InChI=1S/C14H15IN2O3/c1-8-4-3-5-9(12(8)15)13(19)16-10-6-7-11(18)17(2)14(10)20/h3-5,10H,6-7H2,1-2H3,(H,16,19). The van der Waals surface area contributed by atoms with Crippen LogP contribution in [0.1, 0.15) is 28.8 Å². The number of halogens is 1. The summed E-state index contributed by atoms with van der Waals surface area (Å²) in [5.41, 5.74) is 1.57. The Morgan fingerprint density at radius 2 is 2.10 bits per heavy atom. The van der Waals surface area contributed by atoms with Crippen molar-refractivity contribution >= 4 is 40.3 Å². The first kappa shape index (κ1) is 15.0. The van der Waals surface area contributed by atoms with Crippen molar-refractivity contribution in [2.24, 2.45) is 0 Å². The number of benzene rings is 1. The second-order valence-electron chi connectivity index (χ2n) is 4.79. The van der Waals surface area contributed by atoms with Crippen LogP contribution in [0.2, 0.25) is 0 Å². The van der Waals surface area contributed by atoms with E-state index in [0.717, 1.165) is 14.0 Å². The molecule has 3 amide bonds. The van der Waals surface area contributed by atoms with Gasteiger partial charge in [0.2, 0.25) is 5.91 Å². The van der Waals surface area contributed by atoms with Crippen LogP contribution >= 0.6 is 22.6 Å². The van der Waals surface area contributed by atoms with E-state index in [2.05, 4.69) is 27.9 Å². The Bertz CT molecular complexity index is 586. The molecule has 0 aliphatic carbocycles. The summed E-state index contributed by atoms with van der Waals surface area (Å²) in [4.78, 5) is 36.7. The van der Waals surface area contributed by atoms with Gasteiger partial charge in [-0.3, -0.25) is 19.3 Å². The Balaban J connectivity index is 2.14. The number of likely N-dealkylation sites (tertiary alicyclic amines) is 1. The van der Waals surface area contributed by atoms with E-state index < -0.39 is 6.04 Å². The topological polar surface area (TPSA) is 66.5 Å². The molecule has 0 spiro atoms. The molecule has 0 saturated carbocycles. The lowest BCUT2D eigenvalue weighted by atomic mass is 10.0. The van der Waals surface area contributed by atoms with E-state index in [4.69, 9.17) is 0 Å². The van der Waals surface area contributed by atoms with E-state index in [-0.39, 0.29) is 24.1 Å². The highest BCUT2D eigenvalue weighted by atomic mass is 127. The van der Waals surface area contributed by atoms with E-state index in [1.807, 2.05) is 19.1 Å². The fourth-order valence-corrected chi connectivity index (χ4v) is 2.71. The molecule has 2 rings (SSSR count). The fourth-order valence-electron chi connectivity index (χ4n) is 2.11. The Hall–Kier alpha value is -1.44. The number of aryl methyl sites for hydroxylation is 1. The van der Waals surface area contributed by atoms with Gasteiger partial charge in [-0.1, -0.05) is 12.1 Å². The summed E-state index contributed by atoms with van der Waals surface area (Å²) in [6.07, 6.45) is 0.633. The first-order valence-electron chi connectivity index (χ1n) is 6.28. The number of imide groups is 1. The number of carbonyl (C=O) groups excluding carboxylic acids is 3. The Kier molecular flexibility index (Phi) is 4.42. The van der Waals surface area contributed by atoms with Crippen molar-refractivity contribution in [3.8, 4) is 0 Å². The van der Waals surface area contributed by atoms with Crippen molar-refractivity contribution in [1.29, 1.82) is 0 Å². The molecule has 6 heteroatoms. The SMILES string of the molecule is Cc1cccc(C(=O)NC2CCC(=O)N(C)C2=O)c1I. The predicted octanol–water partition coefficient (Wildman–Crippen LogP) is 1.48. The van der Waals surface area contributed by atoms with Crippen LogP contribution in [0.25, 0.3) is 0 Å². The quantitative estimate of drug-likeness (QED) is 0.619. The maximum absolute atomic E-state index is 12.2. The average Bonchev–Trinajstić information content (AvgIpc) is 2.42. The van der Waals surface area contributed by atoms with Gasteiger partial charge in [0.05, 0.1) is 5.56 Å². The molecule has 1 heterocycles. The van der Waals surface area contributed by atoms with Crippen LogP contribution < -0.4 is 5.32 Å². The van der Waals surface area contributed by atoms with Crippen LogP contribution in [-0.2, 0) is 9.59 Å². The maximum Gasteiger partial charge on any atom is 0.253 e. The van der Waals surface area contributed by atoms with Gasteiger partial charge in [-0.25, -0.2) is 0 Å². The lowest BCUT2D eigenvalue weighted by Crippen LogP contribution is -2.53. The number of hydrogen-bond acceptors (Lipinski definition) is 3. The van der Waals surface area contributed by atoms with Crippen molar-refractivity contribution in [2.75, 3.05) is 7.05 Å². The van der Waals surface area contributed by atoms with Crippen molar-refractivity contribution < 1.29 is 14.4 Å². The zero-order chi connectivity index (χ0) is 14.9. The third-order valence-corrected chi connectivity index (χ3v) is 4.82. The molecular weight excluding hydrogens is 371 g/mol. The van der Waals surface area contributed by atoms with Gasteiger partial charge in [-0.05, 0) is 47.6 Å². The largest absolute Gasteiger partial charge is 0.340 e. The lowest BCUT2D eigenvalue weighted by molar-refractivity contribution is -0.147. The van der Waals surface area contributed by atoms with Crippen LogP contribution in [-0.4, -0.2) is 35.7 Å². The van der Waals surface area contributed by atoms with Crippen molar-refractivity contribution in [3.63, 3.8) is 0 Å². The van der Waals surface area contributed by atoms with Gasteiger partial charge >= 0.3 is 0 Å². The average molecular weight is 386 g/mol. The molecule has 5 nitrogen and oxygen atoms in total. The number of piperidine rings is 1. The number of nitrogens with one attached hydrogen (secondary N) is 1. The molecule has 1 N–H and O–H groups in total. The highest BCUT2D eigenvalue weighted by molar-refractivity contribution is 14.1. The predicted molar refractivity (Wildman–Crippen MR) is 82.2 cm³/mol. The maximum atomic E-state index is 12.2. The number of likely N-dealkylation sites (N-methyl/N-ethyl adjacent to an activating group) is 1. The summed E-state index contributed by atoms with van der Waals surface area (Å²) in [5.74, 6) is -0.831. The molecule has 1 saturated heterocycles. The number of amides is 3. The minimum Gasteiger partial charge on any atom is -0.340 e. The van der Waals surface area contributed by atoms with E-state index in [1.54, 1.807) is 6.07 Å². The first-order valence-corrected chi connectivity index (χ1v) is 7.36. The van der Waals surface area contributed by atoms with E-state index in [9.17, 15) is 14.4 Å². The van der Waals surface area contributed by atoms with Gasteiger partial charge in [0, 0.05) is 17.0 Å². The molecule has 1 unspecified atom stereocenters. The summed E-state index contributed by atoms with van der Waals surface area (Å²) in [5, 5.41) is 2.72. The van der Waals surface area contributed by atoms with Crippen molar-refractivity contribution in [1.82, 2.24) is 10.2 Å². The smallest absolute Gasteiger partial charge is 0.253 e. The molecule has 1 aromatic rings. The fraction of sp³-hybridized carbons (Fsp3) is 0.357. The number of nitrogens with zero attached hydrogens (tertiary/aromatic N) is 1. The molecular formula is C14H15IN2O3. The van der Waals surface area contributed by atoms with E-state index in [1.165, 1.54) is 7.05 Å². The molecule has 0 radical (unpaired) electrons. The Morgan fingerprint density at radius 1 is 1.40 bits per heavy atom. The molecule has 1 aliphatic rings. The molecule has 1 fully saturated rings. The molecule has 106 valence electrons. The van der Waals surface area contributed by atoms with Crippen LogP contribution in [0.3, 0.4) is 0 Å². The monoisotopic (exact) mass is 386 g/mol. The molecule has 1 aromatic carbocycles. The molecule has 0 aromatic heterocycles. The lowest BCUT2D eigenvalue weighted by Gasteiger charge is -2.28. The number of rotatable bonds is 2. The van der Waals surface area contributed by atoms with Gasteiger partial charge in [0.25, 0.3) is 11.8 Å². The summed E-state index contributed by atoms with van der Waals surface area (Å²) in [7, 11) is 1.44. The van der Waals surface area contributed by atoms with Crippen LogP contribution in [0.5, 0.6) is 0 Å². The van der Waals surface area contributed by atoms with Gasteiger partial charge in [-0.15, -0.1) is 0 Å². The second kappa shape index (κ2) is 5.90. The van der Waals surface area contributed by atoms with Crippen LogP contribution in [0, 0.1) is 10.5 Å². The first-order chi connectivity index (χ1) is 9.41. The third-order valence-electron chi connectivity index (χ3n) is 3.39. The van der Waals surface area contributed by atoms with Crippen molar-refractivity contribution in [2.45, 2.75) is 25.8 Å². The summed E-state index contributed by atoms with van der Waals surface area (Å²) >= 11 is 2.12. The Labute approximate surface area is 130 Å². The van der Waals surface area contributed by atoms with E-state index >= 15 is 0 Å². The number of hydrogen-bond donors (Lipinski definition) is 1. The number of carbonyl (C=O) groups is 3.